The van der Waals surface area contributed by atoms with E-state index in [1.165, 1.54) is 7.05 Å². The number of β-lactam (4-membered cyclic amide) rings is 1. The molecule has 0 aromatic carbocycles. The second kappa shape index (κ2) is 5.88. The summed E-state index contributed by atoms with van der Waals surface area (Å²) in [6.07, 6.45) is -5.94. The number of carboxylic acids is 1. The number of halogens is 3. The largest absolute Gasteiger partial charge is 0.477 e. The summed E-state index contributed by atoms with van der Waals surface area (Å²) in [5.74, 6) is -5.02. The van der Waals surface area contributed by atoms with Crippen LogP contribution in [-0.4, -0.2) is 77.2 Å². The Morgan fingerprint density at radius 1 is 1.35 bits per heavy atom. The number of carbonyl (C=O) groups is 4. The zero-order chi connectivity index (χ0) is 19.4. The van der Waals surface area contributed by atoms with Crippen LogP contribution in [0, 0.1) is 5.92 Å². The van der Waals surface area contributed by atoms with Gasteiger partial charge in [-0.1, -0.05) is 0 Å². The number of hydrogen-bond acceptors (Lipinski definition) is 5. The number of carbonyl (C=O) groups excluding carboxylic acids is 3. The maximum Gasteiger partial charge on any atom is 0.471 e. The van der Waals surface area contributed by atoms with Crippen LogP contribution in [0.4, 0.5) is 18.0 Å². The van der Waals surface area contributed by atoms with Gasteiger partial charge in [0.2, 0.25) is 0 Å². The van der Waals surface area contributed by atoms with Gasteiger partial charge in [-0.25, -0.2) is 9.59 Å². The van der Waals surface area contributed by atoms with E-state index in [1.807, 2.05) is 0 Å². The number of likely N-dealkylation sites (tertiary alicyclic amines) is 1. The number of carboxylic acid groups (broad SMARTS) is 1. The molecule has 0 unspecified atom stereocenters. The molecule has 9 nitrogen and oxygen atoms in total. The number of nitrogens with zero attached hydrogens (tertiary/aromatic N) is 2. The first-order valence-corrected chi connectivity index (χ1v) is 7.58. The first-order chi connectivity index (χ1) is 12.1. The third kappa shape index (κ3) is 2.56. The van der Waals surface area contributed by atoms with E-state index >= 15 is 0 Å². The van der Waals surface area contributed by atoms with Gasteiger partial charge in [0.05, 0.1) is 6.04 Å². The Kier molecular flexibility index (Phi) is 4.08. The van der Waals surface area contributed by atoms with Crippen LogP contribution in [0.25, 0.3) is 0 Å². The SMILES string of the molecule is CNC(=O)OCC1=C(C(=O)O)N2C(=O)[C@@H]3[C@H]2[C@H](C1)CN3C(=O)C(F)(F)F. The third-order valence-corrected chi connectivity index (χ3v) is 4.73. The minimum absolute atomic E-state index is 0.00517. The lowest BCUT2D eigenvalue weighted by atomic mass is 9.79. The second-order valence-electron chi connectivity index (χ2n) is 6.15. The van der Waals surface area contributed by atoms with Crippen molar-refractivity contribution in [3.8, 4) is 0 Å². The molecule has 0 aromatic heterocycles. The van der Waals surface area contributed by atoms with Gasteiger partial charge in [-0.3, -0.25) is 14.5 Å². The lowest BCUT2D eigenvalue weighted by molar-refractivity contribution is -0.190. The number of amides is 3. The lowest BCUT2D eigenvalue weighted by Gasteiger charge is -2.49. The molecule has 0 saturated carbocycles. The van der Waals surface area contributed by atoms with Gasteiger partial charge in [-0.05, 0) is 12.0 Å². The number of aliphatic carboxylic acids is 1. The van der Waals surface area contributed by atoms with Crippen LogP contribution >= 0.6 is 0 Å². The van der Waals surface area contributed by atoms with Crippen molar-refractivity contribution in [2.75, 3.05) is 20.2 Å². The average Bonchev–Trinajstić information content (AvgIpc) is 2.92. The minimum atomic E-state index is -5.12. The molecule has 2 fully saturated rings. The molecule has 2 saturated heterocycles. The number of rotatable bonds is 3. The highest BCUT2D eigenvalue weighted by atomic mass is 19.4. The van der Waals surface area contributed by atoms with Crippen molar-refractivity contribution >= 4 is 23.9 Å². The molecule has 0 spiro atoms. The summed E-state index contributed by atoms with van der Waals surface area (Å²) < 4.78 is 43.0. The first-order valence-electron chi connectivity index (χ1n) is 7.58. The molecule has 142 valence electrons. The summed E-state index contributed by atoms with van der Waals surface area (Å²) in [6, 6.07) is -2.13. The van der Waals surface area contributed by atoms with Gasteiger partial charge in [0, 0.05) is 19.5 Å². The van der Waals surface area contributed by atoms with Gasteiger partial charge < -0.3 is 20.1 Å². The van der Waals surface area contributed by atoms with Crippen LogP contribution in [-0.2, 0) is 19.1 Å². The first kappa shape index (κ1) is 18.0. The van der Waals surface area contributed by atoms with E-state index in [0.717, 1.165) is 4.90 Å². The lowest BCUT2D eigenvalue weighted by Crippen LogP contribution is -2.70. The van der Waals surface area contributed by atoms with Crippen LogP contribution in [0.15, 0.2) is 11.3 Å². The fourth-order valence-corrected chi connectivity index (χ4v) is 3.76. The molecular formula is C14H14F3N3O6. The van der Waals surface area contributed by atoms with Gasteiger partial charge in [0.15, 0.2) is 0 Å². The molecule has 0 aromatic rings. The molecule has 2 N–H and O–H groups in total. The van der Waals surface area contributed by atoms with Gasteiger partial charge >= 0.3 is 24.1 Å². The van der Waals surface area contributed by atoms with E-state index in [1.54, 1.807) is 0 Å². The molecule has 12 heteroatoms. The highest BCUT2D eigenvalue weighted by molar-refractivity contribution is 6.03. The van der Waals surface area contributed by atoms with Gasteiger partial charge in [-0.15, -0.1) is 0 Å². The zero-order valence-corrected chi connectivity index (χ0v) is 13.4. The molecule has 3 aliphatic rings. The van der Waals surface area contributed by atoms with Crippen molar-refractivity contribution in [3.63, 3.8) is 0 Å². The fraction of sp³-hybridized carbons (Fsp3) is 0.571. The normalized spacial score (nSPS) is 27.1. The summed E-state index contributed by atoms with van der Waals surface area (Å²) in [5, 5.41) is 11.6. The monoisotopic (exact) mass is 377 g/mol. The molecule has 3 rings (SSSR count). The van der Waals surface area contributed by atoms with Crippen LogP contribution in [0.5, 0.6) is 0 Å². The van der Waals surface area contributed by atoms with Crippen molar-refractivity contribution in [3.05, 3.63) is 11.3 Å². The highest BCUT2D eigenvalue weighted by Crippen LogP contribution is 2.47. The van der Waals surface area contributed by atoms with Crippen LogP contribution in [0.1, 0.15) is 6.42 Å². The number of hydrogen-bond donors (Lipinski definition) is 2. The standard InChI is InChI=1S/C14H14F3N3O6/c1-18-13(25)26-4-6-2-5-3-19(12(24)14(15,16)17)9-7(5)20(10(9)21)8(6)11(22)23/h5,7,9H,2-4H2,1H3,(H,18,25)(H,22,23)/t5-,7-,9+/m1/s1. The van der Waals surface area contributed by atoms with Crippen molar-refractivity contribution in [2.24, 2.45) is 5.92 Å². The minimum Gasteiger partial charge on any atom is -0.477 e. The van der Waals surface area contributed by atoms with Crippen LogP contribution in [0.2, 0.25) is 0 Å². The van der Waals surface area contributed by atoms with E-state index in [4.69, 9.17) is 4.74 Å². The van der Waals surface area contributed by atoms with Crippen molar-refractivity contribution in [1.29, 1.82) is 0 Å². The molecule has 3 amide bonds. The summed E-state index contributed by atoms with van der Waals surface area (Å²) >= 11 is 0. The Labute approximate surface area is 144 Å². The smallest absolute Gasteiger partial charge is 0.471 e. The summed E-state index contributed by atoms with van der Waals surface area (Å²) in [5.41, 5.74) is -0.298. The second-order valence-corrected chi connectivity index (χ2v) is 6.15. The highest BCUT2D eigenvalue weighted by Gasteiger charge is 2.66. The van der Waals surface area contributed by atoms with Gasteiger partial charge in [-0.2, -0.15) is 13.2 Å². The van der Waals surface area contributed by atoms with E-state index in [9.17, 15) is 37.5 Å². The summed E-state index contributed by atoms with van der Waals surface area (Å²) in [4.78, 5) is 48.0. The molecular weight excluding hydrogens is 363 g/mol. The quantitative estimate of drug-likeness (QED) is 0.652. The zero-order valence-electron chi connectivity index (χ0n) is 13.4. The van der Waals surface area contributed by atoms with E-state index in [-0.39, 0.29) is 18.5 Å². The predicted molar refractivity (Wildman–Crippen MR) is 75.4 cm³/mol. The van der Waals surface area contributed by atoms with Crippen molar-refractivity contribution < 1.29 is 42.2 Å². The molecule has 0 aliphatic carbocycles. The predicted octanol–water partition coefficient (Wildman–Crippen LogP) is -0.315. The Balaban J connectivity index is 1.88. The Morgan fingerprint density at radius 2 is 2.00 bits per heavy atom. The molecule has 3 heterocycles. The van der Waals surface area contributed by atoms with Crippen LogP contribution in [0.3, 0.4) is 0 Å². The molecule has 0 radical (unpaired) electrons. The number of alkyl halides is 3. The Hall–Kier alpha value is -2.79. The van der Waals surface area contributed by atoms with Crippen molar-refractivity contribution in [2.45, 2.75) is 24.7 Å². The summed E-state index contributed by atoms with van der Waals surface area (Å²) in [6.45, 7) is -0.752. The van der Waals surface area contributed by atoms with E-state index in [2.05, 4.69) is 5.32 Å². The van der Waals surface area contributed by atoms with E-state index < -0.39 is 60.4 Å². The number of nitrogens with one attached hydrogen (secondary N) is 1. The Morgan fingerprint density at radius 3 is 2.54 bits per heavy atom. The average molecular weight is 377 g/mol. The van der Waals surface area contributed by atoms with Gasteiger partial charge in [0.1, 0.15) is 18.3 Å². The molecule has 3 atom stereocenters. The molecule has 26 heavy (non-hydrogen) atoms. The van der Waals surface area contributed by atoms with Crippen LogP contribution < -0.4 is 5.32 Å². The van der Waals surface area contributed by atoms with E-state index in [0.29, 0.717) is 4.90 Å². The maximum absolute atomic E-state index is 12.7. The Bertz CT molecular complexity index is 734. The maximum atomic E-state index is 12.7. The fourth-order valence-electron chi connectivity index (χ4n) is 3.76. The van der Waals surface area contributed by atoms with Gasteiger partial charge in [0.25, 0.3) is 5.91 Å². The molecule has 0 bridgehead atoms. The summed E-state index contributed by atoms with van der Waals surface area (Å²) in [7, 11) is 1.30. The number of alkyl carbamates (subject to hydrolysis) is 1. The topological polar surface area (TPSA) is 116 Å². The number of ether oxygens (including phenoxy) is 1. The van der Waals surface area contributed by atoms with Crippen molar-refractivity contribution in [1.82, 2.24) is 15.1 Å². The third-order valence-electron chi connectivity index (χ3n) is 4.73. The molecule has 3 aliphatic heterocycles.